The second-order valence-corrected chi connectivity index (χ2v) is 5.47. The molecule has 1 unspecified atom stereocenters. The first-order valence-electron chi connectivity index (χ1n) is 7.06. The summed E-state index contributed by atoms with van der Waals surface area (Å²) in [5.74, 6) is 0.823. The van der Waals surface area contributed by atoms with Crippen LogP contribution >= 0.6 is 0 Å². The molecular weight excluding hydrogens is 262 g/mol. The standard InChI is InChI=1S/C17H15N3O/c1-10-16-14(9-15(21)18-17(16)20-19-10)13-8-4-6-11-5-2-3-7-12(11)13/h2-8,14H,9H2,1H3,(H2,18,19,20,21). The van der Waals surface area contributed by atoms with Crippen LogP contribution < -0.4 is 5.32 Å². The minimum Gasteiger partial charge on any atom is -0.311 e. The van der Waals surface area contributed by atoms with Crippen molar-refractivity contribution in [1.82, 2.24) is 10.2 Å². The van der Waals surface area contributed by atoms with Crippen molar-refractivity contribution in [3.63, 3.8) is 0 Å². The largest absolute Gasteiger partial charge is 0.311 e. The molecule has 4 nitrogen and oxygen atoms in total. The Hall–Kier alpha value is -2.62. The van der Waals surface area contributed by atoms with Crippen LogP contribution in [0.5, 0.6) is 0 Å². The highest BCUT2D eigenvalue weighted by Gasteiger charge is 2.30. The number of hydrogen-bond acceptors (Lipinski definition) is 2. The number of nitrogens with zero attached hydrogens (tertiary/aromatic N) is 1. The molecule has 1 aliphatic rings. The molecule has 0 bridgehead atoms. The van der Waals surface area contributed by atoms with Gasteiger partial charge in [-0.3, -0.25) is 9.89 Å². The zero-order valence-electron chi connectivity index (χ0n) is 11.7. The van der Waals surface area contributed by atoms with E-state index in [1.807, 2.05) is 19.1 Å². The molecule has 4 heteroatoms. The molecule has 2 heterocycles. The van der Waals surface area contributed by atoms with Crippen LogP contribution in [-0.4, -0.2) is 16.1 Å². The zero-order valence-corrected chi connectivity index (χ0v) is 11.7. The van der Waals surface area contributed by atoms with Gasteiger partial charge in [0.25, 0.3) is 0 Å². The van der Waals surface area contributed by atoms with E-state index in [2.05, 4.69) is 45.8 Å². The first-order valence-corrected chi connectivity index (χ1v) is 7.06. The lowest BCUT2D eigenvalue weighted by Crippen LogP contribution is -2.23. The molecule has 0 saturated carbocycles. The second-order valence-electron chi connectivity index (χ2n) is 5.47. The van der Waals surface area contributed by atoms with Gasteiger partial charge in [-0.25, -0.2) is 0 Å². The summed E-state index contributed by atoms with van der Waals surface area (Å²) in [6, 6.07) is 14.6. The Bertz CT molecular complexity index is 845. The van der Waals surface area contributed by atoms with Crippen molar-refractivity contribution in [3.05, 3.63) is 59.3 Å². The predicted molar refractivity (Wildman–Crippen MR) is 82.4 cm³/mol. The summed E-state index contributed by atoms with van der Waals surface area (Å²) in [7, 11) is 0. The summed E-state index contributed by atoms with van der Waals surface area (Å²) in [5.41, 5.74) is 3.24. The summed E-state index contributed by atoms with van der Waals surface area (Å²) in [6.45, 7) is 1.98. The highest BCUT2D eigenvalue weighted by molar-refractivity contribution is 5.96. The normalized spacial score (nSPS) is 17.6. The van der Waals surface area contributed by atoms with Crippen molar-refractivity contribution in [3.8, 4) is 0 Å². The van der Waals surface area contributed by atoms with Gasteiger partial charge in [0.1, 0.15) is 5.82 Å². The van der Waals surface area contributed by atoms with Crippen molar-refractivity contribution < 1.29 is 4.79 Å². The van der Waals surface area contributed by atoms with Gasteiger partial charge in [-0.15, -0.1) is 0 Å². The van der Waals surface area contributed by atoms with E-state index in [4.69, 9.17) is 0 Å². The number of hydrogen-bond donors (Lipinski definition) is 2. The summed E-state index contributed by atoms with van der Waals surface area (Å²) < 4.78 is 0. The number of anilines is 1. The fourth-order valence-electron chi connectivity index (χ4n) is 3.26. The molecule has 21 heavy (non-hydrogen) atoms. The summed E-state index contributed by atoms with van der Waals surface area (Å²) in [6.07, 6.45) is 0.460. The Kier molecular flexibility index (Phi) is 2.57. The number of fused-ring (bicyclic) bond motifs is 2. The van der Waals surface area contributed by atoms with Gasteiger partial charge >= 0.3 is 0 Å². The number of aryl methyl sites for hydroxylation is 1. The van der Waals surface area contributed by atoms with Gasteiger partial charge in [0.15, 0.2) is 0 Å². The topological polar surface area (TPSA) is 57.8 Å². The van der Waals surface area contributed by atoms with Gasteiger partial charge in [0, 0.05) is 17.9 Å². The van der Waals surface area contributed by atoms with E-state index in [1.165, 1.54) is 16.3 Å². The molecular formula is C17H15N3O. The van der Waals surface area contributed by atoms with Crippen molar-refractivity contribution in [2.24, 2.45) is 0 Å². The molecule has 2 N–H and O–H groups in total. The maximum atomic E-state index is 12.0. The van der Waals surface area contributed by atoms with Gasteiger partial charge in [0.2, 0.25) is 5.91 Å². The van der Waals surface area contributed by atoms with E-state index >= 15 is 0 Å². The molecule has 4 rings (SSSR count). The second kappa shape index (κ2) is 4.45. The highest BCUT2D eigenvalue weighted by Crippen LogP contribution is 2.40. The number of aromatic nitrogens is 2. The Balaban J connectivity index is 1.97. The van der Waals surface area contributed by atoms with Crippen LogP contribution in [0.3, 0.4) is 0 Å². The van der Waals surface area contributed by atoms with Crippen molar-refractivity contribution >= 4 is 22.5 Å². The van der Waals surface area contributed by atoms with E-state index in [-0.39, 0.29) is 11.8 Å². The third-order valence-electron chi connectivity index (χ3n) is 4.20. The van der Waals surface area contributed by atoms with E-state index in [1.54, 1.807) is 0 Å². The summed E-state index contributed by atoms with van der Waals surface area (Å²) in [5, 5.41) is 12.4. The molecule has 0 fully saturated rings. The number of carbonyl (C=O) groups excluding carboxylic acids is 1. The molecule has 104 valence electrons. The third kappa shape index (κ3) is 1.83. The summed E-state index contributed by atoms with van der Waals surface area (Å²) in [4.78, 5) is 12.0. The smallest absolute Gasteiger partial charge is 0.226 e. The fourth-order valence-corrected chi connectivity index (χ4v) is 3.26. The number of aromatic amines is 1. The van der Waals surface area contributed by atoms with Crippen LogP contribution in [0.4, 0.5) is 5.82 Å². The van der Waals surface area contributed by atoms with Crippen LogP contribution in [0.2, 0.25) is 0 Å². The quantitative estimate of drug-likeness (QED) is 0.716. The molecule has 0 radical (unpaired) electrons. The number of benzene rings is 2. The minimum absolute atomic E-state index is 0.0316. The van der Waals surface area contributed by atoms with E-state index in [9.17, 15) is 4.79 Å². The Morgan fingerprint density at radius 3 is 2.86 bits per heavy atom. The molecule has 0 aliphatic carbocycles. The lowest BCUT2D eigenvalue weighted by atomic mass is 9.83. The maximum Gasteiger partial charge on any atom is 0.226 e. The Morgan fingerprint density at radius 2 is 1.95 bits per heavy atom. The van der Waals surface area contributed by atoms with E-state index in [0.29, 0.717) is 6.42 Å². The number of amides is 1. The number of H-pyrrole nitrogens is 1. The molecule has 3 aromatic rings. The summed E-state index contributed by atoms with van der Waals surface area (Å²) >= 11 is 0. The van der Waals surface area contributed by atoms with Gasteiger partial charge in [-0.1, -0.05) is 42.5 Å². The first kappa shape index (κ1) is 12.1. The predicted octanol–water partition coefficient (Wildman–Crippen LogP) is 3.35. The van der Waals surface area contributed by atoms with Gasteiger partial charge in [0.05, 0.1) is 5.69 Å². The SMILES string of the molecule is Cc1n[nH]c2c1C(c1cccc3ccccc13)CC(=O)N2. The van der Waals surface area contributed by atoms with E-state index in [0.717, 1.165) is 17.1 Å². The molecule has 1 aliphatic heterocycles. The van der Waals surface area contributed by atoms with Crippen molar-refractivity contribution in [2.45, 2.75) is 19.3 Å². The molecule has 2 aromatic carbocycles. The zero-order chi connectivity index (χ0) is 14.4. The van der Waals surface area contributed by atoms with Crippen LogP contribution in [0.25, 0.3) is 10.8 Å². The number of rotatable bonds is 1. The molecule has 1 aromatic heterocycles. The Labute approximate surface area is 122 Å². The average Bonchev–Trinajstić information content (AvgIpc) is 2.87. The number of nitrogens with one attached hydrogen (secondary N) is 2. The van der Waals surface area contributed by atoms with Gasteiger partial charge in [-0.2, -0.15) is 5.10 Å². The number of carbonyl (C=O) groups is 1. The highest BCUT2D eigenvalue weighted by atomic mass is 16.1. The Morgan fingerprint density at radius 1 is 1.14 bits per heavy atom. The van der Waals surface area contributed by atoms with Gasteiger partial charge < -0.3 is 5.32 Å². The van der Waals surface area contributed by atoms with Crippen LogP contribution in [0, 0.1) is 6.92 Å². The molecule has 0 saturated heterocycles. The fraction of sp³-hybridized carbons (Fsp3) is 0.176. The van der Waals surface area contributed by atoms with Gasteiger partial charge in [-0.05, 0) is 23.3 Å². The van der Waals surface area contributed by atoms with Crippen LogP contribution in [-0.2, 0) is 4.79 Å². The lowest BCUT2D eigenvalue weighted by molar-refractivity contribution is -0.116. The minimum atomic E-state index is 0.0316. The maximum absolute atomic E-state index is 12.0. The molecule has 1 atom stereocenters. The third-order valence-corrected chi connectivity index (χ3v) is 4.20. The van der Waals surface area contributed by atoms with Crippen molar-refractivity contribution in [2.75, 3.05) is 5.32 Å². The van der Waals surface area contributed by atoms with Crippen LogP contribution in [0.1, 0.15) is 29.2 Å². The monoisotopic (exact) mass is 277 g/mol. The molecule has 0 spiro atoms. The molecule has 1 amide bonds. The first-order chi connectivity index (χ1) is 10.2. The van der Waals surface area contributed by atoms with E-state index < -0.39 is 0 Å². The van der Waals surface area contributed by atoms with Crippen LogP contribution in [0.15, 0.2) is 42.5 Å². The lowest BCUT2D eigenvalue weighted by Gasteiger charge is -2.24. The van der Waals surface area contributed by atoms with Crippen molar-refractivity contribution in [1.29, 1.82) is 0 Å². The average molecular weight is 277 g/mol.